The van der Waals surface area contributed by atoms with Crippen molar-refractivity contribution in [3.63, 3.8) is 0 Å². The monoisotopic (exact) mass is 547 g/mol. The zero-order valence-corrected chi connectivity index (χ0v) is 23.1. The fraction of sp³-hybridized carbons (Fsp3) is 0.233. The first-order valence-corrected chi connectivity index (χ1v) is 13.5. The molecule has 0 fully saturated rings. The molecule has 6 nitrogen and oxygen atoms in total. The Morgan fingerprint density at radius 3 is 2.32 bits per heavy atom. The van der Waals surface area contributed by atoms with E-state index in [-0.39, 0.29) is 24.3 Å². The lowest BCUT2D eigenvalue weighted by molar-refractivity contribution is -0.136. The highest BCUT2D eigenvalue weighted by Gasteiger charge is 2.19. The molecule has 0 aliphatic heterocycles. The van der Waals surface area contributed by atoms with Gasteiger partial charge in [0.15, 0.2) is 5.13 Å². The predicted octanol–water partition coefficient (Wildman–Crippen LogP) is 7.30. The van der Waals surface area contributed by atoms with Gasteiger partial charge in [0, 0.05) is 33.8 Å². The average Bonchev–Trinajstić information content (AvgIpc) is 3.37. The highest BCUT2D eigenvalue weighted by atomic mass is 35.5. The van der Waals surface area contributed by atoms with Gasteiger partial charge in [0.25, 0.3) is 5.91 Å². The van der Waals surface area contributed by atoms with E-state index in [4.69, 9.17) is 21.7 Å². The normalized spacial score (nSPS) is 11.3. The number of anilines is 2. The third-order valence-corrected chi connectivity index (χ3v) is 7.29. The molecule has 196 valence electrons. The molecule has 1 aromatic heterocycles. The van der Waals surface area contributed by atoms with Crippen LogP contribution in [0.5, 0.6) is 0 Å². The molecule has 0 saturated heterocycles. The third-order valence-electron chi connectivity index (χ3n) is 6.10. The molecule has 0 aliphatic carbocycles. The van der Waals surface area contributed by atoms with E-state index in [0.29, 0.717) is 17.1 Å². The first-order chi connectivity index (χ1) is 18.1. The van der Waals surface area contributed by atoms with Gasteiger partial charge in [-0.1, -0.05) is 74.8 Å². The van der Waals surface area contributed by atoms with Gasteiger partial charge in [0.1, 0.15) is 0 Å². The second-order valence-corrected chi connectivity index (χ2v) is 11.2. The van der Waals surface area contributed by atoms with E-state index in [2.05, 4.69) is 55.3 Å². The molecule has 0 saturated carbocycles. The first-order valence-electron chi connectivity index (χ1n) is 12.3. The Balaban J connectivity index is 1.61. The number of rotatable bonds is 9. The molecule has 2 N–H and O–H groups in total. The van der Waals surface area contributed by atoms with Crippen LogP contribution in [-0.4, -0.2) is 28.5 Å². The second kappa shape index (κ2) is 11.8. The second-order valence-electron chi connectivity index (χ2n) is 9.97. The number of carboxylic acids is 1. The summed E-state index contributed by atoms with van der Waals surface area (Å²) in [6.07, 6.45) is -0.114. The number of thiazole rings is 1. The molecule has 8 heteroatoms. The number of amides is 1. The van der Waals surface area contributed by atoms with Crippen LogP contribution < -0.4 is 10.2 Å². The Morgan fingerprint density at radius 2 is 1.68 bits per heavy atom. The molecule has 4 aromatic rings. The van der Waals surface area contributed by atoms with Crippen LogP contribution in [0.3, 0.4) is 0 Å². The van der Waals surface area contributed by atoms with Gasteiger partial charge in [0.05, 0.1) is 18.7 Å². The van der Waals surface area contributed by atoms with Crippen molar-refractivity contribution in [3.8, 4) is 11.3 Å². The first kappa shape index (κ1) is 27.4. The van der Waals surface area contributed by atoms with Gasteiger partial charge in [-0.25, -0.2) is 4.98 Å². The lowest BCUT2D eigenvalue weighted by atomic mass is 9.87. The van der Waals surface area contributed by atoms with Crippen LogP contribution in [0, 0.1) is 0 Å². The molecule has 1 amide bonds. The van der Waals surface area contributed by atoms with E-state index in [0.717, 1.165) is 27.6 Å². The summed E-state index contributed by atoms with van der Waals surface area (Å²) in [5.74, 6) is -1.24. The van der Waals surface area contributed by atoms with E-state index < -0.39 is 5.97 Å². The Morgan fingerprint density at radius 1 is 1.00 bits per heavy atom. The smallest absolute Gasteiger partial charge is 0.305 e. The maximum absolute atomic E-state index is 12.3. The predicted molar refractivity (Wildman–Crippen MR) is 155 cm³/mol. The number of carbonyl (C=O) groups is 2. The minimum absolute atomic E-state index is 0.0443. The van der Waals surface area contributed by atoms with E-state index in [1.165, 1.54) is 5.56 Å². The molecular weight excluding hydrogens is 518 g/mol. The average molecular weight is 548 g/mol. The summed E-state index contributed by atoms with van der Waals surface area (Å²) in [4.78, 5) is 30.1. The number of aromatic nitrogens is 1. The highest BCUT2D eigenvalue weighted by molar-refractivity contribution is 7.14. The topological polar surface area (TPSA) is 82.5 Å². The summed E-state index contributed by atoms with van der Waals surface area (Å²) < 4.78 is 0. The number of hydrogen-bond acceptors (Lipinski definition) is 5. The molecule has 0 aliphatic rings. The van der Waals surface area contributed by atoms with Crippen molar-refractivity contribution in [2.75, 3.05) is 11.4 Å². The number of carboxylic acid groups (broad SMARTS) is 1. The highest BCUT2D eigenvalue weighted by Crippen LogP contribution is 2.36. The number of halogens is 1. The Hall–Kier alpha value is -3.68. The van der Waals surface area contributed by atoms with Crippen LogP contribution in [0.1, 0.15) is 48.7 Å². The number of nitrogens with one attached hydrogen (secondary N) is 1. The molecule has 0 atom stereocenters. The van der Waals surface area contributed by atoms with Crippen molar-refractivity contribution in [2.45, 2.75) is 39.2 Å². The fourth-order valence-electron chi connectivity index (χ4n) is 3.92. The van der Waals surface area contributed by atoms with Gasteiger partial charge in [-0.3, -0.25) is 9.59 Å². The summed E-state index contributed by atoms with van der Waals surface area (Å²) in [6, 6.07) is 23.5. The summed E-state index contributed by atoms with van der Waals surface area (Å²) in [5, 5.41) is 14.9. The van der Waals surface area contributed by atoms with Crippen LogP contribution in [0.15, 0.2) is 78.2 Å². The Bertz CT molecular complexity index is 1410. The lowest BCUT2D eigenvalue weighted by Gasteiger charge is -2.24. The van der Waals surface area contributed by atoms with Gasteiger partial charge >= 0.3 is 5.97 Å². The lowest BCUT2D eigenvalue weighted by Crippen LogP contribution is -2.26. The minimum Gasteiger partial charge on any atom is -0.481 e. The number of carbonyl (C=O) groups excluding carboxylic acids is 1. The van der Waals surface area contributed by atoms with Crippen LogP contribution in [0.4, 0.5) is 10.8 Å². The fourth-order valence-corrected chi connectivity index (χ4v) is 5.00. The summed E-state index contributed by atoms with van der Waals surface area (Å²) in [7, 11) is 0. The quantitative estimate of drug-likeness (QED) is 0.230. The van der Waals surface area contributed by atoms with Crippen LogP contribution in [-0.2, 0) is 16.8 Å². The van der Waals surface area contributed by atoms with Gasteiger partial charge in [-0.15, -0.1) is 11.3 Å². The number of benzene rings is 3. The molecule has 3 aromatic carbocycles. The standard InChI is InChI=1S/C30H30ClN3O3S/c1-30(2,3)22-12-14-23(15-13-22)34(29-33-26(19-38-29)24-6-4-5-7-25(24)31)18-20-8-10-21(11-9-20)28(37)32-17-16-27(35)36/h4-15,19H,16-18H2,1-3H3,(H,32,37)(H,35,36). The Labute approximate surface area is 231 Å². The zero-order valence-electron chi connectivity index (χ0n) is 21.6. The summed E-state index contributed by atoms with van der Waals surface area (Å²) in [5.41, 5.74) is 5.49. The molecular formula is C30H30ClN3O3S. The largest absolute Gasteiger partial charge is 0.481 e. The maximum Gasteiger partial charge on any atom is 0.305 e. The van der Waals surface area contributed by atoms with Crippen molar-refractivity contribution in [1.29, 1.82) is 0 Å². The molecule has 0 radical (unpaired) electrons. The van der Waals surface area contributed by atoms with Crippen molar-refractivity contribution < 1.29 is 14.7 Å². The third kappa shape index (κ3) is 6.79. The van der Waals surface area contributed by atoms with Crippen molar-refractivity contribution >= 4 is 45.6 Å². The van der Waals surface area contributed by atoms with E-state index >= 15 is 0 Å². The number of aliphatic carboxylic acids is 1. The SMILES string of the molecule is CC(C)(C)c1ccc(N(Cc2ccc(C(=O)NCCC(=O)O)cc2)c2nc(-c3ccccc3Cl)cs2)cc1. The summed E-state index contributed by atoms with van der Waals surface area (Å²) >= 11 is 7.98. The molecule has 1 heterocycles. The molecule has 0 spiro atoms. The number of hydrogen-bond donors (Lipinski definition) is 2. The molecule has 0 bridgehead atoms. The van der Waals surface area contributed by atoms with Gasteiger partial charge in [-0.05, 0) is 46.9 Å². The summed E-state index contributed by atoms with van der Waals surface area (Å²) in [6.45, 7) is 7.21. The van der Waals surface area contributed by atoms with Gasteiger partial charge in [0.2, 0.25) is 0 Å². The van der Waals surface area contributed by atoms with Crippen LogP contribution >= 0.6 is 22.9 Å². The van der Waals surface area contributed by atoms with E-state index in [1.807, 2.05) is 41.8 Å². The number of nitrogens with zero attached hydrogens (tertiary/aromatic N) is 2. The zero-order chi connectivity index (χ0) is 27.3. The molecule has 38 heavy (non-hydrogen) atoms. The molecule has 4 rings (SSSR count). The van der Waals surface area contributed by atoms with Crippen molar-refractivity contribution in [2.24, 2.45) is 0 Å². The van der Waals surface area contributed by atoms with Crippen LogP contribution in [0.25, 0.3) is 11.3 Å². The molecule has 0 unspecified atom stereocenters. The Kier molecular flexibility index (Phi) is 8.49. The van der Waals surface area contributed by atoms with E-state index in [1.54, 1.807) is 23.5 Å². The van der Waals surface area contributed by atoms with E-state index in [9.17, 15) is 9.59 Å². The minimum atomic E-state index is -0.948. The van der Waals surface area contributed by atoms with Crippen LogP contribution in [0.2, 0.25) is 5.02 Å². The van der Waals surface area contributed by atoms with Gasteiger partial charge < -0.3 is 15.3 Å². The van der Waals surface area contributed by atoms with Crippen molar-refractivity contribution in [3.05, 3.63) is 99.9 Å². The van der Waals surface area contributed by atoms with Gasteiger partial charge in [-0.2, -0.15) is 0 Å². The maximum atomic E-state index is 12.3. The van der Waals surface area contributed by atoms with Crippen molar-refractivity contribution in [1.82, 2.24) is 10.3 Å².